The van der Waals surface area contributed by atoms with E-state index in [0.717, 1.165) is 12.1 Å². The summed E-state index contributed by atoms with van der Waals surface area (Å²) in [6.07, 6.45) is 0.512. The third-order valence-corrected chi connectivity index (χ3v) is 4.75. The Kier molecular flexibility index (Phi) is 5.71. The molecule has 1 atom stereocenters. The largest absolute Gasteiger partial charge is 0.465 e. The lowest BCUT2D eigenvalue weighted by molar-refractivity contribution is -0.162. The standard InChI is InChI=1S/C19H20F2N2O5/c1-3-27-18(25)12(19(26)28-4-2)7-10-5-6-23-16(10)22-15-9-14(21)13(20)8-11(15)17(23)24/h8-10,12H,3-7H2,1-2H3. The maximum absolute atomic E-state index is 13.6. The number of ether oxygens (including phenoxy) is 2. The SMILES string of the molecule is CCOC(=O)C(CC1CCn2c1nc1cc(F)c(F)cc1c2=O)C(=O)OCC. The number of nitrogens with zero attached hydrogens (tertiary/aromatic N) is 2. The van der Waals surface area contributed by atoms with Gasteiger partial charge in [-0.3, -0.25) is 19.0 Å². The van der Waals surface area contributed by atoms with E-state index in [4.69, 9.17) is 9.47 Å². The van der Waals surface area contributed by atoms with E-state index in [1.807, 2.05) is 0 Å². The summed E-state index contributed by atoms with van der Waals surface area (Å²) in [6, 6.07) is 1.71. The van der Waals surface area contributed by atoms with Crippen molar-refractivity contribution in [1.82, 2.24) is 9.55 Å². The molecule has 1 aromatic carbocycles. The second kappa shape index (κ2) is 8.04. The van der Waals surface area contributed by atoms with Crippen LogP contribution in [0.15, 0.2) is 16.9 Å². The number of aromatic nitrogens is 2. The van der Waals surface area contributed by atoms with Crippen LogP contribution in [-0.4, -0.2) is 34.7 Å². The Balaban J connectivity index is 1.98. The first-order valence-corrected chi connectivity index (χ1v) is 9.10. The van der Waals surface area contributed by atoms with Gasteiger partial charge in [-0.2, -0.15) is 0 Å². The summed E-state index contributed by atoms with van der Waals surface area (Å²) in [5.74, 6) is -4.83. The van der Waals surface area contributed by atoms with Crippen LogP contribution in [0.2, 0.25) is 0 Å². The number of hydrogen-bond acceptors (Lipinski definition) is 6. The summed E-state index contributed by atoms with van der Waals surface area (Å²) < 4.78 is 38.4. The molecule has 0 aliphatic carbocycles. The first-order valence-electron chi connectivity index (χ1n) is 9.10. The zero-order valence-electron chi connectivity index (χ0n) is 15.5. The monoisotopic (exact) mass is 394 g/mol. The molecule has 9 heteroatoms. The van der Waals surface area contributed by atoms with E-state index in [1.165, 1.54) is 4.57 Å². The number of halogens is 2. The molecule has 2 heterocycles. The molecule has 2 aromatic rings. The average molecular weight is 394 g/mol. The van der Waals surface area contributed by atoms with Gasteiger partial charge in [0.05, 0.1) is 24.1 Å². The first kappa shape index (κ1) is 19.9. The molecular weight excluding hydrogens is 374 g/mol. The third kappa shape index (κ3) is 3.61. The van der Waals surface area contributed by atoms with Crippen LogP contribution in [-0.2, 0) is 25.6 Å². The molecule has 0 N–H and O–H groups in total. The fraction of sp³-hybridized carbons (Fsp3) is 0.474. The fourth-order valence-electron chi connectivity index (χ4n) is 3.46. The van der Waals surface area contributed by atoms with Gasteiger partial charge in [0.15, 0.2) is 17.6 Å². The Hall–Kier alpha value is -2.84. The van der Waals surface area contributed by atoms with E-state index >= 15 is 0 Å². The van der Waals surface area contributed by atoms with Gasteiger partial charge in [0.2, 0.25) is 0 Å². The molecule has 0 saturated carbocycles. The van der Waals surface area contributed by atoms with Crippen molar-refractivity contribution < 1.29 is 27.8 Å². The van der Waals surface area contributed by atoms with Crippen LogP contribution >= 0.6 is 0 Å². The Labute approximate surface area is 159 Å². The quantitative estimate of drug-likeness (QED) is 0.552. The van der Waals surface area contributed by atoms with Crippen molar-refractivity contribution >= 4 is 22.8 Å². The summed E-state index contributed by atoms with van der Waals surface area (Å²) in [5.41, 5.74) is -0.448. The second-order valence-electron chi connectivity index (χ2n) is 6.49. The zero-order valence-corrected chi connectivity index (χ0v) is 15.5. The van der Waals surface area contributed by atoms with Crippen molar-refractivity contribution in [2.75, 3.05) is 13.2 Å². The van der Waals surface area contributed by atoms with Gasteiger partial charge in [-0.15, -0.1) is 0 Å². The van der Waals surface area contributed by atoms with Crippen molar-refractivity contribution in [2.45, 2.75) is 39.2 Å². The molecule has 0 bridgehead atoms. The smallest absolute Gasteiger partial charge is 0.320 e. The van der Waals surface area contributed by atoms with Crippen LogP contribution in [0.3, 0.4) is 0 Å². The van der Waals surface area contributed by atoms with Crippen LogP contribution in [0.25, 0.3) is 10.9 Å². The molecule has 1 aromatic heterocycles. The molecule has 1 aliphatic rings. The number of benzene rings is 1. The topological polar surface area (TPSA) is 87.5 Å². The maximum atomic E-state index is 13.6. The number of fused-ring (bicyclic) bond motifs is 2. The normalized spacial score (nSPS) is 15.7. The van der Waals surface area contributed by atoms with Crippen molar-refractivity contribution in [2.24, 2.45) is 5.92 Å². The molecule has 3 rings (SSSR count). The summed E-state index contributed by atoms with van der Waals surface area (Å²) in [6.45, 7) is 3.79. The van der Waals surface area contributed by atoms with Gasteiger partial charge in [0.25, 0.3) is 5.56 Å². The van der Waals surface area contributed by atoms with Crippen LogP contribution in [0.1, 0.15) is 38.4 Å². The number of carbonyl (C=O) groups excluding carboxylic acids is 2. The van der Waals surface area contributed by atoms with E-state index in [1.54, 1.807) is 13.8 Å². The summed E-state index contributed by atoms with van der Waals surface area (Å²) in [5, 5.41) is -0.0179. The summed E-state index contributed by atoms with van der Waals surface area (Å²) in [7, 11) is 0. The van der Waals surface area contributed by atoms with Gasteiger partial charge in [-0.25, -0.2) is 13.8 Å². The highest BCUT2D eigenvalue weighted by Crippen LogP contribution is 2.33. The highest BCUT2D eigenvalue weighted by Gasteiger charge is 2.36. The van der Waals surface area contributed by atoms with Gasteiger partial charge in [0.1, 0.15) is 5.82 Å². The Bertz CT molecular complexity index is 970. The number of esters is 2. The number of rotatable bonds is 6. The molecule has 0 saturated heterocycles. The fourth-order valence-corrected chi connectivity index (χ4v) is 3.46. The predicted octanol–water partition coefficient (Wildman–Crippen LogP) is 2.29. The molecular formula is C19H20F2N2O5. The van der Waals surface area contributed by atoms with Crippen molar-refractivity contribution in [3.05, 3.63) is 39.9 Å². The van der Waals surface area contributed by atoms with Crippen molar-refractivity contribution in [1.29, 1.82) is 0 Å². The van der Waals surface area contributed by atoms with E-state index < -0.39 is 41.0 Å². The predicted molar refractivity (Wildman–Crippen MR) is 94.7 cm³/mol. The van der Waals surface area contributed by atoms with E-state index in [-0.39, 0.29) is 30.5 Å². The van der Waals surface area contributed by atoms with Crippen molar-refractivity contribution in [3.8, 4) is 0 Å². The molecule has 0 fully saturated rings. The van der Waals surface area contributed by atoms with Crippen LogP contribution < -0.4 is 5.56 Å². The van der Waals surface area contributed by atoms with E-state index in [2.05, 4.69) is 4.98 Å². The Morgan fingerprint density at radius 1 is 1.18 bits per heavy atom. The third-order valence-electron chi connectivity index (χ3n) is 4.75. The zero-order chi connectivity index (χ0) is 20.4. The highest BCUT2D eigenvalue weighted by atomic mass is 19.2. The molecule has 1 unspecified atom stereocenters. The lowest BCUT2D eigenvalue weighted by atomic mass is 9.93. The molecule has 28 heavy (non-hydrogen) atoms. The molecule has 1 aliphatic heterocycles. The van der Waals surface area contributed by atoms with E-state index in [0.29, 0.717) is 18.8 Å². The number of carbonyl (C=O) groups is 2. The second-order valence-corrected chi connectivity index (χ2v) is 6.49. The minimum Gasteiger partial charge on any atom is -0.465 e. The number of hydrogen-bond donors (Lipinski definition) is 0. The van der Waals surface area contributed by atoms with Crippen LogP contribution in [0, 0.1) is 17.6 Å². The maximum Gasteiger partial charge on any atom is 0.320 e. The summed E-state index contributed by atoms with van der Waals surface area (Å²) >= 11 is 0. The Morgan fingerprint density at radius 3 is 2.39 bits per heavy atom. The average Bonchev–Trinajstić information content (AvgIpc) is 3.05. The van der Waals surface area contributed by atoms with Gasteiger partial charge in [-0.1, -0.05) is 0 Å². The Morgan fingerprint density at radius 2 is 1.79 bits per heavy atom. The van der Waals surface area contributed by atoms with Gasteiger partial charge < -0.3 is 9.47 Å². The lowest BCUT2D eigenvalue weighted by Gasteiger charge is -2.18. The van der Waals surface area contributed by atoms with Gasteiger partial charge in [-0.05, 0) is 32.8 Å². The van der Waals surface area contributed by atoms with Crippen LogP contribution in [0.4, 0.5) is 8.78 Å². The van der Waals surface area contributed by atoms with Gasteiger partial charge in [0, 0.05) is 18.5 Å². The van der Waals surface area contributed by atoms with Gasteiger partial charge >= 0.3 is 11.9 Å². The molecule has 0 spiro atoms. The minimum absolute atomic E-state index is 0.0179. The first-order chi connectivity index (χ1) is 13.4. The molecule has 7 nitrogen and oxygen atoms in total. The highest BCUT2D eigenvalue weighted by molar-refractivity contribution is 5.95. The molecule has 0 amide bonds. The van der Waals surface area contributed by atoms with Crippen molar-refractivity contribution in [3.63, 3.8) is 0 Å². The lowest BCUT2D eigenvalue weighted by Crippen LogP contribution is -2.30. The molecule has 150 valence electrons. The minimum atomic E-state index is -1.14. The van der Waals surface area contributed by atoms with E-state index in [9.17, 15) is 23.2 Å². The molecule has 0 radical (unpaired) electrons. The van der Waals surface area contributed by atoms with Crippen LogP contribution in [0.5, 0.6) is 0 Å². The summed E-state index contributed by atoms with van der Waals surface area (Å²) in [4.78, 5) is 41.4.